The Hall–Kier alpha value is -0.670. The van der Waals surface area contributed by atoms with Gasteiger partial charge in [0.2, 0.25) is 0 Å². The maximum Gasteiger partial charge on any atom is 0.198 e. The molecule has 0 N–H and O–H groups in total. The summed E-state index contributed by atoms with van der Waals surface area (Å²) in [7, 11) is 1.52. The van der Waals surface area contributed by atoms with Gasteiger partial charge < -0.3 is 4.74 Å². The third-order valence-electron chi connectivity index (χ3n) is 1.07. The minimum absolute atomic E-state index is 0.0532. The molecule has 1 aromatic heterocycles. The van der Waals surface area contributed by atoms with Crippen molar-refractivity contribution in [3.63, 3.8) is 0 Å². The Morgan fingerprint density at radius 3 is 3.10 bits per heavy atom. The van der Waals surface area contributed by atoms with E-state index in [1.54, 1.807) is 6.07 Å². The van der Waals surface area contributed by atoms with Gasteiger partial charge in [-0.15, -0.1) is 11.3 Å². The number of hydrogen-bond acceptors (Lipinski definition) is 3. The average molecular weight is 156 g/mol. The number of Topliss-reactive ketones (excluding diaryl/α,β-unsaturated/α-hetero) is 1. The highest BCUT2D eigenvalue weighted by Crippen LogP contribution is 2.08. The molecule has 0 unspecified atom stereocenters. The number of ketones is 1. The van der Waals surface area contributed by atoms with E-state index in [1.807, 2.05) is 11.4 Å². The minimum Gasteiger partial charge on any atom is -0.376 e. The van der Waals surface area contributed by atoms with Crippen molar-refractivity contribution in [1.29, 1.82) is 0 Å². The van der Waals surface area contributed by atoms with Crippen LogP contribution in [0.3, 0.4) is 0 Å². The Morgan fingerprint density at radius 1 is 1.80 bits per heavy atom. The summed E-state index contributed by atoms with van der Waals surface area (Å²) in [6, 6.07) is 3.65. The lowest BCUT2D eigenvalue weighted by Crippen LogP contribution is -2.04. The van der Waals surface area contributed by atoms with Crippen LogP contribution >= 0.6 is 11.3 Å². The molecule has 0 aliphatic heterocycles. The normalized spacial score (nSPS) is 9.70. The van der Waals surface area contributed by atoms with E-state index in [0.717, 1.165) is 4.88 Å². The molecule has 0 radical (unpaired) electrons. The number of methoxy groups -OCH3 is 1. The topological polar surface area (TPSA) is 26.3 Å². The number of carbonyl (C=O) groups excluding carboxylic acids is 1. The van der Waals surface area contributed by atoms with Gasteiger partial charge >= 0.3 is 0 Å². The molecule has 0 fully saturated rings. The lowest BCUT2D eigenvalue weighted by atomic mass is 10.3. The quantitative estimate of drug-likeness (QED) is 0.621. The summed E-state index contributed by atoms with van der Waals surface area (Å²) in [4.78, 5) is 11.8. The molecule has 0 aliphatic rings. The number of rotatable bonds is 3. The van der Waals surface area contributed by atoms with E-state index in [9.17, 15) is 4.79 Å². The lowest BCUT2D eigenvalue weighted by Gasteiger charge is -1.92. The van der Waals surface area contributed by atoms with Gasteiger partial charge in [-0.25, -0.2) is 0 Å². The first kappa shape index (κ1) is 7.44. The first-order valence-corrected chi connectivity index (χ1v) is 3.78. The fraction of sp³-hybridized carbons (Fsp3) is 0.286. The van der Waals surface area contributed by atoms with Crippen LogP contribution in [0.1, 0.15) is 9.67 Å². The monoisotopic (exact) mass is 156 g/mol. The van der Waals surface area contributed by atoms with E-state index in [0.29, 0.717) is 0 Å². The second kappa shape index (κ2) is 3.49. The van der Waals surface area contributed by atoms with E-state index in [-0.39, 0.29) is 12.4 Å². The molecule has 0 aromatic carbocycles. The highest BCUT2D eigenvalue weighted by molar-refractivity contribution is 7.12. The summed E-state index contributed by atoms with van der Waals surface area (Å²) in [5, 5.41) is 1.88. The van der Waals surface area contributed by atoms with Crippen molar-refractivity contribution in [1.82, 2.24) is 0 Å². The van der Waals surface area contributed by atoms with E-state index < -0.39 is 0 Å². The van der Waals surface area contributed by atoms with Gasteiger partial charge in [0.25, 0.3) is 0 Å². The molecule has 0 atom stereocenters. The number of carbonyl (C=O) groups is 1. The van der Waals surface area contributed by atoms with Crippen molar-refractivity contribution in [2.75, 3.05) is 13.7 Å². The molecule has 0 amide bonds. The van der Waals surface area contributed by atoms with Gasteiger partial charge in [0.1, 0.15) is 6.61 Å². The molecule has 0 spiro atoms. The molecule has 1 heterocycles. The predicted molar refractivity (Wildman–Crippen MR) is 40.5 cm³/mol. The van der Waals surface area contributed by atoms with Gasteiger partial charge in [-0.2, -0.15) is 0 Å². The Balaban J connectivity index is 2.59. The van der Waals surface area contributed by atoms with Gasteiger partial charge in [-0.05, 0) is 11.4 Å². The molecule has 2 nitrogen and oxygen atoms in total. The zero-order valence-electron chi connectivity index (χ0n) is 5.66. The first-order chi connectivity index (χ1) is 4.84. The van der Waals surface area contributed by atoms with Gasteiger partial charge in [0.05, 0.1) is 4.88 Å². The second-order valence-corrected chi connectivity index (χ2v) is 2.78. The van der Waals surface area contributed by atoms with Gasteiger partial charge in [0, 0.05) is 7.11 Å². The highest BCUT2D eigenvalue weighted by Gasteiger charge is 2.03. The zero-order valence-corrected chi connectivity index (χ0v) is 6.48. The molecule has 0 saturated carbocycles. The largest absolute Gasteiger partial charge is 0.376 e. The maximum absolute atomic E-state index is 11.0. The average Bonchev–Trinajstić information content (AvgIpc) is 2.38. The second-order valence-electron chi connectivity index (χ2n) is 1.83. The lowest BCUT2D eigenvalue weighted by molar-refractivity contribution is 0.0852. The molecule has 10 heavy (non-hydrogen) atoms. The Kier molecular flexibility index (Phi) is 2.59. The van der Waals surface area contributed by atoms with Crippen molar-refractivity contribution in [3.8, 4) is 0 Å². The van der Waals surface area contributed by atoms with Crippen LogP contribution in [0.5, 0.6) is 0 Å². The Bertz CT molecular complexity index is 203. The molecule has 1 rings (SSSR count). The van der Waals surface area contributed by atoms with Crippen LogP contribution in [0.4, 0.5) is 0 Å². The molecule has 0 aliphatic carbocycles. The number of hydrogen-bond donors (Lipinski definition) is 0. The molecule has 0 saturated heterocycles. The van der Waals surface area contributed by atoms with Crippen LogP contribution in [-0.4, -0.2) is 19.5 Å². The molecular formula is C7H8O2S. The molecule has 54 valence electrons. The molecule has 0 bridgehead atoms. The smallest absolute Gasteiger partial charge is 0.198 e. The van der Waals surface area contributed by atoms with Crippen molar-refractivity contribution < 1.29 is 9.53 Å². The molecule has 1 aromatic rings. The van der Waals surface area contributed by atoms with Crippen LogP contribution in [0, 0.1) is 0 Å². The van der Waals surface area contributed by atoms with Crippen LogP contribution in [0.2, 0.25) is 0 Å². The van der Waals surface area contributed by atoms with Crippen molar-refractivity contribution in [2.45, 2.75) is 0 Å². The van der Waals surface area contributed by atoms with E-state index in [4.69, 9.17) is 0 Å². The van der Waals surface area contributed by atoms with Crippen molar-refractivity contribution in [2.24, 2.45) is 0 Å². The van der Waals surface area contributed by atoms with Crippen LogP contribution in [0.15, 0.2) is 17.5 Å². The molecular weight excluding hydrogens is 148 g/mol. The molecule has 3 heteroatoms. The third kappa shape index (κ3) is 1.65. The Morgan fingerprint density at radius 2 is 2.60 bits per heavy atom. The zero-order chi connectivity index (χ0) is 7.40. The van der Waals surface area contributed by atoms with E-state index >= 15 is 0 Å². The van der Waals surface area contributed by atoms with Crippen molar-refractivity contribution >= 4 is 17.1 Å². The standard InChI is InChI=1S/C7H8O2S/c1-9-5-6(8)7-3-2-4-10-7/h2-4H,5H2,1H3. The summed E-state index contributed by atoms with van der Waals surface area (Å²) in [5.41, 5.74) is 0. The number of thiophene rings is 1. The van der Waals surface area contributed by atoms with Gasteiger partial charge in [-0.1, -0.05) is 6.07 Å². The summed E-state index contributed by atoms with van der Waals surface area (Å²) >= 11 is 1.44. The summed E-state index contributed by atoms with van der Waals surface area (Å²) < 4.78 is 4.68. The summed E-state index contributed by atoms with van der Waals surface area (Å²) in [6.07, 6.45) is 0. The summed E-state index contributed by atoms with van der Waals surface area (Å²) in [5.74, 6) is 0.0532. The van der Waals surface area contributed by atoms with Crippen LogP contribution in [0.25, 0.3) is 0 Å². The van der Waals surface area contributed by atoms with Crippen LogP contribution in [-0.2, 0) is 4.74 Å². The van der Waals surface area contributed by atoms with Gasteiger partial charge in [-0.3, -0.25) is 4.79 Å². The fourth-order valence-electron chi connectivity index (χ4n) is 0.639. The third-order valence-corrected chi connectivity index (χ3v) is 1.98. The maximum atomic E-state index is 11.0. The first-order valence-electron chi connectivity index (χ1n) is 2.90. The van der Waals surface area contributed by atoms with Crippen LogP contribution < -0.4 is 0 Å². The fourth-order valence-corrected chi connectivity index (χ4v) is 1.29. The van der Waals surface area contributed by atoms with Gasteiger partial charge in [0.15, 0.2) is 5.78 Å². The predicted octanol–water partition coefficient (Wildman–Crippen LogP) is 1.58. The Labute approximate surface area is 63.4 Å². The van der Waals surface area contributed by atoms with E-state index in [2.05, 4.69) is 4.74 Å². The van der Waals surface area contributed by atoms with E-state index in [1.165, 1.54) is 18.4 Å². The number of ether oxygens (including phenoxy) is 1. The SMILES string of the molecule is COCC(=O)c1cccs1. The van der Waals surface area contributed by atoms with Crippen molar-refractivity contribution in [3.05, 3.63) is 22.4 Å². The summed E-state index contributed by atoms with van der Waals surface area (Å²) in [6.45, 7) is 0.181. The minimum atomic E-state index is 0.0532. The highest BCUT2D eigenvalue weighted by atomic mass is 32.1.